The van der Waals surface area contributed by atoms with Crippen molar-refractivity contribution in [2.24, 2.45) is 0 Å². The normalized spacial score (nSPS) is 8.86. The molecule has 4 heteroatoms. The molecule has 0 aliphatic heterocycles. The monoisotopic (exact) mass is 134 g/mol. The molecule has 0 aromatic rings. The molecule has 0 bridgehead atoms. The second-order valence-electron chi connectivity index (χ2n) is 0.959. The Morgan fingerprint density at radius 3 is 2.86 bits per heavy atom. The molecule has 0 aromatic heterocycles. The lowest BCUT2D eigenvalue weighted by molar-refractivity contribution is 1.31. The summed E-state index contributed by atoms with van der Waals surface area (Å²) in [5, 5.41) is 0. The Bertz CT molecular complexity index is 32.1. The van der Waals surface area contributed by atoms with Crippen molar-refractivity contribution >= 4 is 28.2 Å². The van der Waals surface area contributed by atoms with Gasteiger partial charge in [0.05, 0.1) is 0 Å². The Morgan fingerprint density at radius 1 is 1.71 bits per heavy atom. The summed E-state index contributed by atoms with van der Waals surface area (Å²) in [6.07, 6.45) is 1.14. The molecule has 0 unspecified atom stereocenters. The third-order valence-corrected chi connectivity index (χ3v) is 2.30. The number of nitrogens with one attached hydrogen (secondary N) is 1. The maximum atomic E-state index is 2.95. The second kappa shape index (κ2) is 6.72. The molecule has 0 aliphatic rings. The summed E-state index contributed by atoms with van der Waals surface area (Å²) in [7, 11) is 5.30. The van der Waals surface area contributed by atoms with Crippen molar-refractivity contribution in [2.45, 2.75) is 13.2 Å². The van der Waals surface area contributed by atoms with Crippen LogP contribution in [0.3, 0.4) is 0 Å². The standard InChI is InChI=1S/C3H9BNS2/c1-3-4-6-7-5-2/h5H,3H2,1-2H3. The first-order valence-electron chi connectivity index (χ1n) is 2.22. The number of hydrogen-bond acceptors (Lipinski definition) is 3. The van der Waals surface area contributed by atoms with E-state index in [0.29, 0.717) is 0 Å². The minimum absolute atomic E-state index is 1.14. The van der Waals surface area contributed by atoms with Crippen molar-refractivity contribution in [3.8, 4) is 0 Å². The van der Waals surface area contributed by atoms with Crippen molar-refractivity contribution in [1.29, 1.82) is 0 Å². The fraction of sp³-hybridized carbons (Fsp3) is 1.00. The van der Waals surface area contributed by atoms with Crippen LogP contribution >= 0.6 is 21.6 Å². The van der Waals surface area contributed by atoms with Gasteiger partial charge in [0, 0.05) is 0 Å². The third kappa shape index (κ3) is 6.72. The predicted molar refractivity (Wildman–Crippen MR) is 40.5 cm³/mol. The summed E-state index contributed by atoms with van der Waals surface area (Å²) in [6, 6.07) is 0. The summed E-state index contributed by atoms with van der Waals surface area (Å²) < 4.78 is 2.95. The van der Waals surface area contributed by atoms with Crippen LogP contribution in [0.5, 0.6) is 0 Å². The van der Waals surface area contributed by atoms with Crippen LogP contribution in [0.4, 0.5) is 0 Å². The fourth-order valence-electron chi connectivity index (χ4n) is 0.150. The highest BCUT2D eigenvalue weighted by molar-refractivity contribution is 8.84. The van der Waals surface area contributed by atoms with E-state index in [2.05, 4.69) is 18.2 Å². The Morgan fingerprint density at radius 2 is 2.43 bits per heavy atom. The first-order valence-corrected chi connectivity index (χ1v) is 4.43. The van der Waals surface area contributed by atoms with Gasteiger partial charge in [-0.3, -0.25) is 4.72 Å². The van der Waals surface area contributed by atoms with Gasteiger partial charge in [-0.25, -0.2) is 0 Å². The van der Waals surface area contributed by atoms with Crippen LogP contribution in [0.15, 0.2) is 0 Å². The van der Waals surface area contributed by atoms with Crippen molar-refractivity contribution < 1.29 is 0 Å². The van der Waals surface area contributed by atoms with Gasteiger partial charge in [0.25, 0.3) is 0 Å². The van der Waals surface area contributed by atoms with Crippen LogP contribution in [0, 0.1) is 0 Å². The molecule has 1 N–H and O–H groups in total. The molecule has 1 nitrogen and oxygen atoms in total. The largest absolute Gasteiger partial charge is 0.259 e. The Kier molecular flexibility index (Phi) is 7.42. The molecule has 0 aliphatic carbocycles. The minimum Gasteiger partial charge on any atom is -0.259 e. The molecule has 41 valence electrons. The topological polar surface area (TPSA) is 12.0 Å². The first-order chi connectivity index (χ1) is 3.41. The van der Waals surface area contributed by atoms with E-state index in [4.69, 9.17) is 0 Å². The van der Waals surface area contributed by atoms with Gasteiger partial charge in [0.15, 0.2) is 0 Å². The quantitative estimate of drug-likeness (QED) is 0.271. The molecule has 0 rings (SSSR count). The van der Waals surface area contributed by atoms with Crippen LogP contribution in [0.2, 0.25) is 6.32 Å². The smallest absolute Gasteiger partial charge is 0.208 e. The lowest BCUT2D eigenvalue weighted by atomic mass is 10.1. The van der Waals surface area contributed by atoms with E-state index in [-0.39, 0.29) is 0 Å². The molecular weight excluding hydrogens is 125 g/mol. The van der Waals surface area contributed by atoms with E-state index in [1.54, 1.807) is 21.6 Å². The Balaban J connectivity index is 2.45. The van der Waals surface area contributed by atoms with Crippen LogP contribution in [0.1, 0.15) is 6.92 Å². The zero-order valence-corrected chi connectivity index (χ0v) is 6.23. The molecular formula is C3H9BNS2. The van der Waals surface area contributed by atoms with Gasteiger partial charge in [-0.15, -0.1) is 10.6 Å². The van der Waals surface area contributed by atoms with Crippen LogP contribution in [0.25, 0.3) is 0 Å². The molecule has 0 amide bonds. The number of rotatable bonds is 4. The van der Waals surface area contributed by atoms with Crippen molar-refractivity contribution in [2.75, 3.05) is 7.05 Å². The van der Waals surface area contributed by atoms with Crippen LogP contribution < -0.4 is 4.72 Å². The maximum absolute atomic E-state index is 2.95. The molecule has 0 aromatic carbocycles. The Hall–Kier alpha value is 0.725. The number of hydrogen-bond donors (Lipinski definition) is 1. The molecule has 0 atom stereocenters. The highest BCUT2D eigenvalue weighted by Gasteiger charge is 1.83. The van der Waals surface area contributed by atoms with E-state index in [0.717, 1.165) is 6.32 Å². The summed E-state index contributed by atoms with van der Waals surface area (Å²) in [5.74, 6) is 0. The van der Waals surface area contributed by atoms with Crippen molar-refractivity contribution in [1.82, 2.24) is 4.72 Å². The average molecular weight is 134 g/mol. The van der Waals surface area contributed by atoms with Gasteiger partial charge in [-0.2, -0.15) is 0 Å². The van der Waals surface area contributed by atoms with Crippen molar-refractivity contribution in [3.63, 3.8) is 0 Å². The van der Waals surface area contributed by atoms with Gasteiger partial charge in [-0.05, 0) is 18.0 Å². The van der Waals surface area contributed by atoms with E-state index >= 15 is 0 Å². The fourth-order valence-corrected chi connectivity index (χ4v) is 1.35. The second-order valence-corrected chi connectivity index (χ2v) is 3.14. The van der Waals surface area contributed by atoms with Crippen molar-refractivity contribution in [3.05, 3.63) is 0 Å². The van der Waals surface area contributed by atoms with E-state index < -0.39 is 0 Å². The predicted octanol–water partition coefficient (Wildman–Crippen LogP) is 1.56. The third-order valence-electron chi connectivity index (χ3n) is 0.366. The minimum atomic E-state index is 1.14. The zero-order chi connectivity index (χ0) is 5.54. The Labute approximate surface area is 53.7 Å². The summed E-state index contributed by atoms with van der Waals surface area (Å²) >= 11 is 0. The average Bonchev–Trinajstić information content (AvgIpc) is 1.69. The first kappa shape index (κ1) is 7.72. The lowest BCUT2D eigenvalue weighted by Crippen LogP contribution is -1.87. The van der Waals surface area contributed by atoms with E-state index in [9.17, 15) is 0 Å². The van der Waals surface area contributed by atoms with Gasteiger partial charge in [0.2, 0.25) is 6.56 Å². The molecule has 7 heavy (non-hydrogen) atoms. The maximum Gasteiger partial charge on any atom is 0.208 e. The summed E-state index contributed by atoms with van der Waals surface area (Å²) in [4.78, 5) is 0. The van der Waals surface area contributed by atoms with Gasteiger partial charge < -0.3 is 0 Å². The lowest BCUT2D eigenvalue weighted by Gasteiger charge is -1.90. The van der Waals surface area contributed by atoms with E-state index in [1.807, 2.05) is 7.05 Å². The van der Waals surface area contributed by atoms with Gasteiger partial charge in [-0.1, -0.05) is 13.2 Å². The van der Waals surface area contributed by atoms with Crippen LogP contribution in [-0.4, -0.2) is 13.6 Å². The molecule has 0 saturated carbocycles. The van der Waals surface area contributed by atoms with Gasteiger partial charge in [0.1, 0.15) is 0 Å². The van der Waals surface area contributed by atoms with Crippen LogP contribution in [-0.2, 0) is 0 Å². The molecule has 0 saturated heterocycles. The summed E-state index contributed by atoms with van der Waals surface area (Å²) in [5.41, 5.74) is 0. The summed E-state index contributed by atoms with van der Waals surface area (Å²) in [6.45, 7) is 4.28. The van der Waals surface area contributed by atoms with E-state index in [1.165, 1.54) is 0 Å². The molecule has 0 fully saturated rings. The SMILES string of the molecule is CC[B]SSNC. The molecule has 1 radical (unpaired) electrons. The molecule has 0 spiro atoms. The highest BCUT2D eigenvalue weighted by atomic mass is 33.1. The molecule has 0 heterocycles. The van der Waals surface area contributed by atoms with Gasteiger partial charge >= 0.3 is 0 Å². The zero-order valence-electron chi connectivity index (χ0n) is 4.60. The highest BCUT2D eigenvalue weighted by Crippen LogP contribution is 2.14.